The van der Waals surface area contributed by atoms with Gasteiger partial charge in [-0.25, -0.2) is 4.68 Å². The minimum Gasteiger partial charge on any atom is -0.385 e. The van der Waals surface area contributed by atoms with E-state index >= 15 is 0 Å². The maximum absolute atomic E-state index is 5.95. The Morgan fingerprint density at radius 1 is 1.27 bits per heavy atom. The molecule has 1 aromatic heterocycles. The Kier molecular flexibility index (Phi) is 10.9. The molecule has 2 aromatic rings. The van der Waals surface area contributed by atoms with Crippen LogP contribution in [0.2, 0.25) is 5.02 Å². The highest BCUT2D eigenvalue weighted by molar-refractivity contribution is 14.0. The van der Waals surface area contributed by atoms with Gasteiger partial charge in [0.2, 0.25) is 0 Å². The van der Waals surface area contributed by atoms with Crippen LogP contribution in [0.3, 0.4) is 0 Å². The Balaban J connectivity index is 0.00000320. The van der Waals surface area contributed by atoms with Gasteiger partial charge in [0.1, 0.15) is 0 Å². The first kappa shape index (κ1) is 24.9. The molecular formula is C21H32ClIN6O. The molecule has 1 saturated heterocycles. The molecule has 1 aliphatic rings. The van der Waals surface area contributed by atoms with E-state index in [9.17, 15) is 0 Å². The highest BCUT2D eigenvalue weighted by Gasteiger charge is 2.19. The van der Waals surface area contributed by atoms with Crippen LogP contribution in [0.5, 0.6) is 0 Å². The number of ether oxygens (including phenoxy) is 1. The van der Waals surface area contributed by atoms with Crippen LogP contribution in [0.15, 0.2) is 41.7 Å². The van der Waals surface area contributed by atoms with Crippen LogP contribution < -0.4 is 10.6 Å². The molecule has 0 atom stereocenters. The van der Waals surface area contributed by atoms with E-state index in [1.54, 1.807) is 7.11 Å². The van der Waals surface area contributed by atoms with Gasteiger partial charge in [-0.3, -0.25) is 4.99 Å². The number of rotatable bonds is 8. The van der Waals surface area contributed by atoms with Crippen molar-refractivity contribution in [2.24, 2.45) is 4.99 Å². The molecule has 2 heterocycles. The number of likely N-dealkylation sites (tertiary alicyclic amines) is 1. The second kappa shape index (κ2) is 13.1. The average molecular weight is 547 g/mol. The van der Waals surface area contributed by atoms with Gasteiger partial charge in [-0.15, -0.1) is 24.0 Å². The van der Waals surface area contributed by atoms with Crippen molar-refractivity contribution in [3.63, 3.8) is 0 Å². The van der Waals surface area contributed by atoms with Crippen LogP contribution in [0.1, 0.15) is 24.8 Å². The number of piperidine rings is 1. The summed E-state index contributed by atoms with van der Waals surface area (Å²) >= 11 is 5.95. The molecule has 0 radical (unpaired) electrons. The van der Waals surface area contributed by atoms with Crippen LogP contribution in [-0.4, -0.2) is 67.1 Å². The monoisotopic (exact) mass is 546 g/mol. The van der Waals surface area contributed by atoms with Crippen molar-refractivity contribution in [3.8, 4) is 5.69 Å². The molecule has 0 amide bonds. The minimum absolute atomic E-state index is 0. The molecule has 2 N–H and O–H groups in total. The lowest BCUT2D eigenvalue weighted by molar-refractivity contribution is 0.155. The molecule has 1 aromatic carbocycles. The summed E-state index contributed by atoms with van der Waals surface area (Å²) < 4.78 is 6.99. The predicted molar refractivity (Wildman–Crippen MR) is 133 cm³/mol. The van der Waals surface area contributed by atoms with Crippen LogP contribution in [0, 0.1) is 0 Å². The quantitative estimate of drug-likeness (QED) is 0.230. The summed E-state index contributed by atoms with van der Waals surface area (Å²) in [7, 11) is 3.57. The lowest BCUT2D eigenvalue weighted by Gasteiger charge is -2.33. The number of nitrogens with one attached hydrogen (secondary N) is 2. The maximum Gasteiger partial charge on any atom is 0.191 e. The summed E-state index contributed by atoms with van der Waals surface area (Å²) in [5, 5.41) is 12.1. The number of aliphatic imine (C=N–C) groups is 1. The van der Waals surface area contributed by atoms with Crippen LogP contribution in [0.4, 0.5) is 0 Å². The van der Waals surface area contributed by atoms with Crippen molar-refractivity contribution in [3.05, 3.63) is 47.2 Å². The molecule has 166 valence electrons. The SMILES string of the molecule is CN=C(NCc1cnn(-c2ccc(Cl)cc2)c1)NC1CCN(CCCOC)CC1.I. The number of benzene rings is 1. The van der Waals surface area contributed by atoms with Crippen molar-refractivity contribution in [2.75, 3.05) is 40.4 Å². The molecule has 1 fully saturated rings. The second-order valence-electron chi connectivity index (χ2n) is 7.30. The molecule has 0 bridgehead atoms. The van der Waals surface area contributed by atoms with E-state index in [1.807, 2.05) is 48.4 Å². The molecule has 3 rings (SSSR count). The summed E-state index contributed by atoms with van der Waals surface area (Å²) in [6, 6.07) is 8.09. The summed E-state index contributed by atoms with van der Waals surface area (Å²) in [6.45, 7) is 4.86. The fraction of sp³-hybridized carbons (Fsp3) is 0.524. The lowest BCUT2D eigenvalue weighted by atomic mass is 10.1. The van der Waals surface area contributed by atoms with Crippen LogP contribution in [0.25, 0.3) is 5.69 Å². The fourth-order valence-electron chi connectivity index (χ4n) is 3.49. The van der Waals surface area contributed by atoms with Gasteiger partial charge in [-0.05, 0) is 43.5 Å². The summed E-state index contributed by atoms with van der Waals surface area (Å²) in [4.78, 5) is 6.89. The first-order valence-corrected chi connectivity index (χ1v) is 10.5. The van der Waals surface area contributed by atoms with Crippen LogP contribution in [-0.2, 0) is 11.3 Å². The second-order valence-corrected chi connectivity index (χ2v) is 7.74. The van der Waals surface area contributed by atoms with E-state index in [0.717, 1.165) is 67.7 Å². The van der Waals surface area contributed by atoms with Crippen LogP contribution >= 0.6 is 35.6 Å². The zero-order chi connectivity index (χ0) is 20.5. The number of hydrogen-bond donors (Lipinski definition) is 2. The number of methoxy groups -OCH3 is 1. The number of aromatic nitrogens is 2. The summed E-state index contributed by atoms with van der Waals surface area (Å²) in [5.41, 5.74) is 2.08. The standard InChI is InChI=1S/C21H31ClN6O.HI/c1-23-21(26-19-8-11-27(12-9-19)10-3-13-29-2)24-14-17-15-25-28(16-17)20-6-4-18(22)5-7-20;/h4-7,15-16,19H,3,8-14H2,1-2H3,(H2,23,24,26);1H. The first-order valence-electron chi connectivity index (χ1n) is 10.2. The smallest absolute Gasteiger partial charge is 0.191 e. The zero-order valence-corrected chi connectivity index (χ0v) is 20.8. The van der Waals surface area contributed by atoms with Gasteiger partial charge in [-0.2, -0.15) is 5.10 Å². The highest BCUT2D eigenvalue weighted by Crippen LogP contribution is 2.14. The van der Waals surface area contributed by atoms with Gasteiger partial charge >= 0.3 is 0 Å². The van der Waals surface area contributed by atoms with Gasteiger partial charge in [0.05, 0.1) is 11.9 Å². The third kappa shape index (κ3) is 7.72. The third-order valence-corrected chi connectivity index (χ3v) is 5.41. The molecule has 30 heavy (non-hydrogen) atoms. The zero-order valence-electron chi connectivity index (χ0n) is 17.7. The molecule has 9 heteroatoms. The van der Waals surface area contributed by atoms with Crippen molar-refractivity contribution in [1.82, 2.24) is 25.3 Å². The summed E-state index contributed by atoms with van der Waals surface area (Å²) in [5.74, 6) is 0.835. The highest BCUT2D eigenvalue weighted by atomic mass is 127. The molecule has 0 saturated carbocycles. The topological polar surface area (TPSA) is 66.7 Å². The Morgan fingerprint density at radius 2 is 2.00 bits per heavy atom. The summed E-state index contributed by atoms with van der Waals surface area (Å²) in [6.07, 6.45) is 7.24. The molecular weight excluding hydrogens is 515 g/mol. The van der Waals surface area contributed by atoms with Gasteiger partial charge in [0.25, 0.3) is 0 Å². The maximum atomic E-state index is 5.95. The fourth-order valence-corrected chi connectivity index (χ4v) is 3.62. The van der Waals surface area contributed by atoms with E-state index in [4.69, 9.17) is 16.3 Å². The third-order valence-electron chi connectivity index (χ3n) is 5.16. The van der Waals surface area contributed by atoms with E-state index in [0.29, 0.717) is 12.6 Å². The van der Waals surface area contributed by atoms with Crippen molar-refractivity contribution in [1.29, 1.82) is 0 Å². The normalized spacial score (nSPS) is 15.6. The Labute approximate surface area is 201 Å². The average Bonchev–Trinajstić information content (AvgIpc) is 3.22. The Hall–Kier alpha value is -1.36. The molecule has 7 nitrogen and oxygen atoms in total. The first-order chi connectivity index (χ1) is 14.2. The largest absolute Gasteiger partial charge is 0.385 e. The van der Waals surface area contributed by atoms with E-state index < -0.39 is 0 Å². The van der Waals surface area contributed by atoms with Gasteiger partial charge in [0, 0.05) is 69.8 Å². The number of nitrogens with zero attached hydrogens (tertiary/aromatic N) is 4. The van der Waals surface area contributed by atoms with Crippen molar-refractivity contribution in [2.45, 2.75) is 31.8 Å². The molecule has 1 aliphatic heterocycles. The number of guanidine groups is 1. The van der Waals surface area contributed by atoms with E-state index in [-0.39, 0.29) is 24.0 Å². The van der Waals surface area contributed by atoms with Gasteiger partial charge < -0.3 is 20.3 Å². The minimum atomic E-state index is 0. The predicted octanol–water partition coefficient (Wildman–Crippen LogP) is 3.31. The molecule has 0 spiro atoms. The Morgan fingerprint density at radius 3 is 2.67 bits per heavy atom. The van der Waals surface area contributed by atoms with Crippen molar-refractivity contribution < 1.29 is 4.74 Å². The molecule has 0 unspecified atom stereocenters. The lowest BCUT2D eigenvalue weighted by Crippen LogP contribution is -2.48. The van der Waals surface area contributed by atoms with Crippen molar-refractivity contribution >= 4 is 41.5 Å². The van der Waals surface area contributed by atoms with E-state index in [2.05, 4.69) is 25.6 Å². The number of hydrogen-bond acceptors (Lipinski definition) is 4. The number of halogens is 2. The van der Waals surface area contributed by atoms with E-state index in [1.165, 1.54) is 0 Å². The molecule has 0 aliphatic carbocycles. The Bertz CT molecular complexity index is 774. The van der Waals surface area contributed by atoms with Gasteiger partial charge in [-0.1, -0.05) is 11.6 Å². The van der Waals surface area contributed by atoms with Gasteiger partial charge in [0.15, 0.2) is 5.96 Å².